The largest absolute Gasteiger partial charge is 0.469 e. The third-order valence-corrected chi connectivity index (χ3v) is 2.62. The third kappa shape index (κ3) is 2.97. The van der Waals surface area contributed by atoms with E-state index < -0.39 is 5.60 Å². The van der Waals surface area contributed by atoms with Gasteiger partial charge in [0, 0.05) is 13.1 Å². The first-order valence-corrected chi connectivity index (χ1v) is 4.53. The summed E-state index contributed by atoms with van der Waals surface area (Å²) < 4.78 is 4.53. The molecule has 0 spiro atoms. The summed E-state index contributed by atoms with van der Waals surface area (Å²) in [4.78, 5) is 13.1. The summed E-state index contributed by atoms with van der Waals surface area (Å²) >= 11 is 0. The Labute approximate surface area is 78.5 Å². The van der Waals surface area contributed by atoms with Crippen molar-refractivity contribution in [2.45, 2.75) is 24.9 Å². The van der Waals surface area contributed by atoms with Crippen LogP contribution in [-0.2, 0) is 9.53 Å². The number of hydrogen-bond donors (Lipinski definition) is 1. The fourth-order valence-electron chi connectivity index (χ4n) is 1.55. The molecule has 1 heterocycles. The number of rotatable bonds is 2. The van der Waals surface area contributed by atoms with E-state index in [0.29, 0.717) is 12.8 Å². The Morgan fingerprint density at radius 1 is 1.54 bits per heavy atom. The van der Waals surface area contributed by atoms with Gasteiger partial charge in [0.25, 0.3) is 0 Å². The molecular weight excluding hydrogens is 170 g/mol. The zero-order chi connectivity index (χ0) is 9.90. The van der Waals surface area contributed by atoms with Crippen molar-refractivity contribution in [1.82, 2.24) is 4.90 Å². The maximum Gasteiger partial charge on any atom is 0.308 e. The molecular formula is C9H17NO3. The molecule has 0 aromatic rings. The van der Waals surface area contributed by atoms with Crippen LogP contribution in [0.15, 0.2) is 0 Å². The van der Waals surface area contributed by atoms with Crippen LogP contribution in [0.5, 0.6) is 0 Å². The quantitative estimate of drug-likeness (QED) is 0.618. The van der Waals surface area contributed by atoms with Gasteiger partial charge in [-0.2, -0.15) is 0 Å². The van der Waals surface area contributed by atoms with Crippen molar-refractivity contribution in [2.24, 2.45) is 0 Å². The van der Waals surface area contributed by atoms with E-state index in [0.717, 1.165) is 13.1 Å². The van der Waals surface area contributed by atoms with Gasteiger partial charge in [0.05, 0.1) is 19.1 Å². The van der Waals surface area contributed by atoms with Crippen LogP contribution in [0, 0.1) is 0 Å². The first-order valence-electron chi connectivity index (χ1n) is 4.53. The van der Waals surface area contributed by atoms with E-state index in [1.54, 1.807) is 0 Å². The van der Waals surface area contributed by atoms with Crippen LogP contribution in [0.25, 0.3) is 0 Å². The number of likely N-dealkylation sites (tertiary alicyclic amines) is 1. The summed E-state index contributed by atoms with van der Waals surface area (Å²) in [5.74, 6) is -0.327. The van der Waals surface area contributed by atoms with Crippen LogP contribution in [0.3, 0.4) is 0 Å². The first kappa shape index (κ1) is 10.5. The van der Waals surface area contributed by atoms with E-state index in [4.69, 9.17) is 0 Å². The van der Waals surface area contributed by atoms with E-state index in [-0.39, 0.29) is 12.4 Å². The minimum Gasteiger partial charge on any atom is -0.469 e. The molecule has 0 aromatic heterocycles. The van der Waals surface area contributed by atoms with Crippen molar-refractivity contribution in [2.75, 3.05) is 27.2 Å². The van der Waals surface area contributed by atoms with Gasteiger partial charge in [-0.05, 0) is 19.9 Å². The highest BCUT2D eigenvalue weighted by atomic mass is 16.5. The lowest BCUT2D eigenvalue weighted by Gasteiger charge is -2.35. The second kappa shape index (κ2) is 4.07. The number of methoxy groups -OCH3 is 1. The monoisotopic (exact) mass is 187 g/mol. The molecule has 0 amide bonds. The SMILES string of the molecule is COC(=O)CC1(O)CCN(C)CC1. The number of carbonyl (C=O) groups excluding carboxylic acids is 1. The van der Waals surface area contributed by atoms with E-state index in [1.165, 1.54) is 7.11 Å². The molecule has 1 rings (SSSR count). The standard InChI is InChI=1S/C9H17NO3/c1-10-5-3-9(12,4-6-10)7-8(11)13-2/h12H,3-7H2,1-2H3. The zero-order valence-electron chi connectivity index (χ0n) is 8.25. The van der Waals surface area contributed by atoms with E-state index >= 15 is 0 Å². The number of piperidine rings is 1. The Kier molecular flexibility index (Phi) is 3.27. The summed E-state index contributed by atoms with van der Waals surface area (Å²) in [7, 11) is 3.36. The second-order valence-electron chi connectivity index (χ2n) is 3.78. The minimum absolute atomic E-state index is 0.122. The maximum absolute atomic E-state index is 11.0. The molecule has 1 N–H and O–H groups in total. The molecule has 1 aliphatic heterocycles. The number of carbonyl (C=O) groups is 1. The fourth-order valence-corrected chi connectivity index (χ4v) is 1.55. The Morgan fingerprint density at radius 3 is 2.54 bits per heavy atom. The van der Waals surface area contributed by atoms with Gasteiger partial charge in [-0.15, -0.1) is 0 Å². The summed E-state index contributed by atoms with van der Waals surface area (Å²) in [6.07, 6.45) is 1.43. The molecule has 13 heavy (non-hydrogen) atoms. The molecule has 0 unspecified atom stereocenters. The smallest absolute Gasteiger partial charge is 0.308 e. The molecule has 4 heteroatoms. The van der Waals surface area contributed by atoms with Crippen LogP contribution >= 0.6 is 0 Å². The van der Waals surface area contributed by atoms with Crippen LogP contribution in [0.4, 0.5) is 0 Å². The third-order valence-electron chi connectivity index (χ3n) is 2.62. The fraction of sp³-hybridized carbons (Fsp3) is 0.889. The van der Waals surface area contributed by atoms with Crippen LogP contribution in [-0.4, -0.2) is 48.8 Å². The molecule has 76 valence electrons. The van der Waals surface area contributed by atoms with Gasteiger partial charge in [-0.25, -0.2) is 0 Å². The Hall–Kier alpha value is -0.610. The van der Waals surface area contributed by atoms with E-state index in [1.807, 2.05) is 7.05 Å². The number of esters is 1. The van der Waals surface area contributed by atoms with Crippen LogP contribution in [0.1, 0.15) is 19.3 Å². The molecule has 1 saturated heterocycles. The summed E-state index contributed by atoms with van der Waals surface area (Å²) in [5, 5.41) is 9.96. The maximum atomic E-state index is 11.0. The molecule has 0 atom stereocenters. The number of hydrogen-bond acceptors (Lipinski definition) is 4. The highest BCUT2D eigenvalue weighted by Crippen LogP contribution is 2.25. The summed E-state index contributed by atoms with van der Waals surface area (Å²) in [6.45, 7) is 1.68. The first-order chi connectivity index (χ1) is 6.06. The van der Waals surface area contributed by atoms with Crippen molar-refractivity contribution in [3.05, 3.63) is 0 Å². The van der Waals surface area contributed by atoms with Crippen LogP contribution in [0.2, 0.25) is 0 Å². The lowest BCUT2D eigenvalue weighted by atomic mass is 9.88. The predicted molar refractivity (Wildman–Crippen MR) is 48.3 cm³/mol. The molecule has 0 aromatic carbocycles. The zero-order valence-corrected chi connectivity index (χ0v) is 8.25. The highest BCUT2D eigenvalue weighted by molar-refractivity contribution is 5.70. The minimum atomic E-state index is -0.834. The second-order valence-corrected chi connectivity index (χ2v) is 3.78. The topological polar surface area (TPSA) is 49.8 Å². The molecule has 0 bridgehead atoms. The molecule has 4 nitrogen and oxygen atoms in total. The normalized spacial score (nSPS) is 22.7. The van der Waals surface area contributed by atoms with Gasteiger partial charge >= 0.3 is 5.97 Å². The Balaban J connectivity index is 2.43. The molecule has 1 fully saturated rings. The Bertz CT molecular complexity index is 185. The summed E-state index contributed by atoms with van der Waals surface area (Å²) in [6, 6.07) is 0. The van der Waals surface area contributed by atoms with Crippen molar-refractivity contribution in [3.63, 3.8) is 0 Å². The van der Waals surface area contributed by atoms with Gasteiger partial charge in [0.15, 0.2) is 0 Å². The van der Waals surface area contributed by atoms with E-state index in [9.17, 15) is 9.90 Å². The van der Waals surface area contributed by atoms with Gasteiger partial charge in [0.2, 0.25) is 0 Å². The lowest BCUT2D eigenvalue weighted by Crippen LogP contribution is -2.44. The molecule has 0 aliphatic carbocycles. The van der Waals surface area contributed by atoms with Crippen LogP contribution < -0.4 is 0 Å². The lowest BCUT2D eigenvalue weighted by molar-refractivity contribution is -0.148. The molecule has 1 aliphatic rings. The van der Waals surface area contributed by atoms with Gasteiger partial charge in [0.1, 0.15) is 0 Å². The predicted octanol–water partition coefficient (Wildman–Crippen LogP) is 0.00620. The highest BCUT2D eigenvalue weighted by Gasteiger charge is 2.33. The van der Waals surface area contributed by atoms with Crippen molar-refractivity contribution in [1.29, 1.82) is 0 Å². The number of nitrogens with zero attached hydrogens (tertiary/aromatic N) is 1. The van der Waals surface area contributed by atoms with Crippen molar-refractivity contribution >= 4 is 5.97 Å². The van der Waals surface area contributed by atoms with Crippen molar-refractivity contribution < 1.29 is 14.6 Å². The Morgan fingerprint density at radius 2 is 2.08 bits per heavy atom. The number of ether oxygens (including phenoxy) is 1. The van der Waals surface area contributed by atoms with E-state index in [2.05, 4.69) is 9.64 Å². The van der Waals surface area contributed by atoms with Gasteiger partial charge in [-0.1, -0.05) is 0 Å². The van der Waals surface area contributed by atoms with Gasteiger partial charge < -0.3 is 14.7 Å². The van der Waals surface area contributed by atoms with Crippen molar-refractivity contribution in [3.8, 4) is 0 Å². The van der Waals surface area contributed by atoms with Gasteiger partial charge in [-0.3, -0.25) is 4.79 Å². The summed E-state index contributed by atoms with van der Waals surface area (Å²) in [5.41, 5.74) is -0.834. The number of aliphatic hydroxyl groups is 1. The average molecular weight is 187 g/mol. The average Bonchev–Trinajstić information content (AvgIpc) is 2.10. The molecule has 0 radical (unpaired) electrons. The molecule has 0 saturated carbocycles.